The van der Waals surface area contributed by atoms with Crippen LogP contribution in [-0.4, -0.2) is 40.4 Å². The highest BCUT2D eigenvalue weighted by Gasteiger charge is 2.38. The molecule has 2 amide bonds. The van der Waals surface area contributed by atoms with E-state index in [2.05, 4.69) is 5.32 Å². The number of aliphatic carboxylic acids is 1. The zero-order valence-corrected chi connectivity index (χ0v) is 13.5. The van der Waals surface area contributed by atoms with E-state index in [1.807, 2.05) is 4.90 Å². The van der Waals surface area contributed by atoms with Gasteiger partial charge < -0.3 is 15.3 Å². The van der Waals surface area contributed by atoms with Crippen molar-refractivity contribution in [3.8, 4) is 0 Å². The predicted octanol–water partition coefficient (Wildman–Crippen LogP) is 2.04. The monoisotopic (exact) mass is 330 g/mol. The summed E-state index contributed by atoms with van der Waals surface area (Å²) in [4.78, 5) is 37.3. The van der Waals surface area contributed by atoms with Crippen LogP contribution in [0.3, 0.4) is 0 Å². The lowest BCUT2D eigenvalue weighted by Gasteiger charge is -2.23. The normalized spacial score (nSPS) is 21.2. The Morgan fingerprint density at radius 1 is 1.25 bits per heavy atom. The van der Waals surface area contributed by atoms with Crippen LogP contribution < -0.4 is 5.32 Å². The molecule has 6 nitrogen and oxygen atoms in total. The van der Waals surface area contributed by atoms with Crippen molar-refractivity contribution < 1.29 is 19.5 Å². The molecule has 1 aliphatic carbocycles. The molecule has 0 spiro atoms. The molecule has 2 fully saturated rings. The first-order valence-corrected chi connectivity index (χ1v) is 8.44. The van der Waals surface area contributed by atoms with E-state index in [-0.39, 0.29) is 30.6 Å². The van der Waals surface area contributed by atoms with Crippen molar-refractivity contribution in [1.82, 2.24) is 4.90 Å². The van der Waals surface area contributed by atoms with Crippen molar-refractivity contribution >= 4 is 23.5 Å². The van der Waals surface area contributed by atoms with Gasteiger partial charge in [0.2, 0.25) is 11.8 Å². The smallest absolute Gasteiger partial charge is 0.307 e. The Bertz CT molecular complexity index is 652. The van der Waals surface area contributed by atoms with Gasteiger partial charge in [0.15, 0.2) is 0 Å². The van der Waals surface area contributed by atoms with E-state index in [1.165, 1.54) is 0 Å². The summed E-state index contributed by atoms with van der Waals surface area (Å²) in [7, 11) is 0. The van der Waals surface area contributed by atoms with Crippen LogP contribution in [0.5, 0.6) is 0 Å². The van der Waals surface area contributed by atoms with Crippen LogP contribution >= 0.6 is 0 Å². The van der Waals surface area contributed by atoms with Crippen molar-refractivity contribution in [2.45, 2.75) is 44.6 Å². The van der Waals surface area contributed by atoms with E-state index >= 15 is 0 Å². The zero-order valence-electron chi connectivity index (χ0n) is 13.5. The van der Waals surface area contributed by atoms with Gasteiger partial charge >= 0.3 is 5.97 Å². The highest BCUT2D eigenvalue weighted by atomic mass is 16.4. The molecule has 24 heavy (non-hydrogen) atoms. The van der Waals surface area contributed by atoms with Crippen molar-refractivity contribution in [3.05, 3.63) is 29.8 Å². The third-order valence-electron chi connectivity index (χ3n) is 4.84. The lowest BCUT2D eigenvalue weighted by molar-refractivity contribution is -0.136. The van der Waals surface area contributed by atoms with Gasteiger partial charge in [-0.15, -0.1) is 0 Å². The third-order valence-corrected chi connectivity index (χ3v) is 4.84. The maximum atomic E-state index is 12.4. The molecule has 2 aliphatic rings. The number of carboxylic acids is 1. The molecule has 1 aromatic carbocycles. The molecule has 1 heterocycles. The SMILES string of the molecule is O=C(O)Cc1cccc(NC(=O)C2CC(=O)N(C3CCCC3)C2)c1. The van der Waals surface area contributed by atoms with Gasteiger partial charge in [0.1, 0.15) is 0 Å². The lowest BCUT2D eigenvalue weighted by Crippen LogP contribution is -2.35. The summed E-state index contributed by atoms with van der Waals surface area (Å²) in [5, 5.41) is 11.7. The fourth-order valence-corrected chi connectivity index (χ4v) is 3.65. The topological polar surface area (TPSA) is 86.7 Å². The number of nitrogens with one attached hydrogen (secondary N) is 1. The number of nitrogens with zero attached hydrogens (tertiary/aromatic N) is 1. The number of carbonyl (C=O) groups is 3. The molecular weight excluding hydrogens is 308 g/mol. The minimum atomic E-state index is -0.910. The Kier molecular flexibility index (Phi) is 4.83. The second-order valence-electron chi connectivity index (χ2n) is 6.65. The number of likely N-dealkylation sites (tertiary alicyclic amines) is 1. The molecule has 1 unspecified atom stereocenters. The molecule has 1 aliphatic heterocycles. The number of carbonyl (C=O) groups excluding carboxylic acids is 2. The van der Waals surface area contributed by atoms with Crippen LogP contribution in [0.2, 0.25) is 0 Å². The van der Waals surface area contributed by atoms with Crippen LogP contribution in [0.4, 0.5) is 5.69 Å². The summed E-state index contributed by atoms with van der Waals surface area (Å²) in [6.07, 6.45) is 4.57. The Hall–Kier alpha value is -2.37. The molecule has 0 bridgehead atoms. The average molecular weight is 330 g/mol. The molecule has 1 aromatic rings. The van der Waals surface area contributed by atoms with Gasteiger partial charge in [-0.3, -0.25) is 14.4 Å². The number of amides is 2. The largest absolute Gasteiger partial charge is 0.481 e. The molecular formula is C18H22N2O4. The number of carboxylic acid groups (broad SMARTS) is 1. The van der Waals surface area contributed by atoms with Gasteiger partial charge in [0, 0.05) is 24.7 Å². The summed E-state index contributed by atoms with van der Waals surface area (Å²) in [5.74, 6) is -1.34. The summed E-state index contributed by atoms with van der Waals surface area (Å²) < 4.78 is 0. The summed E-state index contributed by atoms with van der Waals surface area (Å²) >= 11 is 0. The minimum Gasteiger partial charge on any atom is -0.481 e. The van der Waals surface area contributed by atoms with Gasteiger partial charge in [0.25, 0.3) is 0 Å². The number of rotatable bonds is 5. The lowest BCUT2D eigenvalue weighted by atomic mass is 10.1. The van der Waals surface area contributed by atoms with Gasteiger partial charge in [-0.25, -0.2) is 0 Å². The van der Waals surface area contributed by atoms with E-state index < -0.39 is 5.97 Å². The van der Waals surface area contributed by atoms with Crippen molar-refractivity contribution in [1.29, 1.82) is 0 Å². The van der Waals surface area contributed by atoms with Crippen LogP contribution in [0.25, 0.3) is 0 Å². The van der Waals surface area contributed by atoms with E-state index in [4.69, 9.17) is 5.11 Å². The Morgan fingerprint density at radius 3 is 2.71 bits per heavy atom. The van der Waals surface area contributed by atoms with Crippen molar-refractivity contribution in [2.24, 2.45) is 5.92 Å². The van der Waals surface area contributed by atoms with E-state index in [9.17, 15) is 14.4 Å². The van der Waals surface area contributed by atoms with Crippen molar-refractivity contribution in [3.63, 3.8) is 0 Å². The van der Waals surface area contributed by atoms with E-state index in [0.717, 1.165) is 25.7 Å². The Morgan fingerprint density at radius 2 is 2.00 bits per heavy atom. The molecule has 1 atom stereocenters. The second kappa shape index (κ2) is 7.03. The van der Waals surface area contributed by atoms with Crippen molar-refractivity contribution in [2.75, 3.05) is 11.9 Å². The first-order chi connectivity index (χ1) is 11.5. The first-order valence-electron chi connectivity index (χ1n) is 8.44. The van der Waals surface area contributed by atoms with Gasteiger partial charge in [0.05, 0.1) is 12.3 Å². The maximum absolute atomic E-state index is 12.4. The van der Waals surface area contributed by atoms with Crippen LogP contribution in [0.1, 0.15) is 37.7 Å². The summed E-state index contributed by atoms with van der Waals surface area (Å²) in [5.41, 5.74) is 1.21. The standard InChI is InChI=1S/C18H22N2O4/c21-16-10-13(11-20(16)15-6-1-2-7-15)18(24)19-14-5-3-4-12(8-14)9-17(22)23/h3-5,8,13,15H,1-2,6-7,9-11H2,(H,19,24)(H,22,23). The van der Waals surface area contributed by atoms with Crippen LogP contribution in [0.15, 0.2) is 24.3 Å². The highest BCUT2D eigenvalue weighted by Crippen LogP contribution is 2.30. The third kappa shape index (κ3) is 3.75. The Labute approximate surface area is 140 Å². The van der Waals surface area contributed by atoms with Gasteiger partial charge in [-0.2, -0.15) is 0 Å². The number of hydrogen-bond donors (Lipinski definition) is 2. The minimum absolute atomic E-state index is 0.0710. The predicted molar refractivity (Wildman–Crippen MR) is 88.5 cm³/mol. The van der Waals surface area contributed by atoms with Crippen LogP contribution in [-0.2, 0) is 20.8 Å². The molecule has 1 saturated carbocycles. The summed E-state index contributed by atoms with van der Waals surface area (Å²) in [6, 6.07) is 7.13. The molecule has 1 saturated heterocycles. The molecule has 0 radical (unpaired) electrons. The molecule has 6 heteroatoms. The highest BCUT2D eigenvalue weighted by molar-refractivity contribution is 5.97. The Balaban J connectivity index is 1.61. The quantitative estimate of drug-likeness (QED) is 0.865. The summed E-state index contributed by atoms with van der Waals surface area (Å²) in [6.45, 7) is 0.490. The van der Waals surface area contributed by atoms with E-state index in [1.54, 1.807) is 24.3 Å². The fourth-order valence-electron chi connectivity index (χ4n) is 3.65. The molecule has 0 aromatic heterocycles. The molecule has 3 rings (SSSR count). The zero-order chi connectivity index (χ0) is 17.1. The number of anilines is 1. The van der Waals surface area contributed by atoms with Gasteiger partial charge in [-0.05, 0) is 30.5 Å². The first kappa shape index (κ1) is 16.5. The van der Waals surface area contributed by atoms with Gasteiger partial charge in [-0.1, -0.05) is 25.0 Å². The maximum Gasteiger partial charge on any atom is 0.307 e. The molecule has 2 N–H and O–H groups in total. The van der Waals surface area contributed by atoms with Crippen LogP contribution in [0, 0.1) is 5.92 Å². The van der Waals surface area contributed by atoms with E-state index in [0.29, 0.717) is 23.8 Å². The number of benzene rings is 1. The number of hydrogen-bond acceptors (Lipinski definition) is 3. The fraction of sp³-hybridized carbons (Fsp3) is 0.500. The second-order valence-corrected chi connectivity index (χ2v) is 6.65. The average Bonchev–Trinajstić information content (AvgIpc) is 3.16. The molecule has 128 valence electrons.